The Bertz CT molecular complexity index is 1030. The predicted octanol–water partition coefficient (Wildman–Crippen LogP) is -1.63. The van der Waals surface area contributed by atoms with Crippen molar-refractivity contribution in [3.8, 4) is 11.5 Å². The number of nitrogens with one attached hydrogen (secondary N) is 3. The molecular formula is C23H28N4O8. The molecule has 2 aromatic rings. The van der Waals surface area contributed by atoms with Crippen LogP contribution in [-0.4, -0.2) is 75.4 Å². The summed E-state index contributed by atoms with van der Waals surface area (Å²) in [6.07, 6.45) is -0.0633. The van der Waals surface area contributed by atoms with Crippen molar-refractivity contribution in [3.63, 3.8) is 0 Å². The van der Waals surface area contributed by atoms with E-state index in [1.54, 1.807) is 12.1 Å². The summed E-state index contributed by atoms with van der Waals surface area (Å²) in [6, 6.07) is 8.05. The van der Waals surface area contributed by atoms with Gasteiger partial charge in [-0.2, -0.15) is 0 Å². The fourth-order valence-corrected chi connectivity index (χ4v) is 3.07. The SMILES string of the molecule is NC(CO)C(=O)NC(Cc1ccc(O)cc1)C(=O)NC(Cc1ccc(O)cc1)C(=O)NCC(=O)O. The molecule has 188 valence electrons. The van der Waals surface area contributed by atoms with Gasteiger partial charge in [0.05, 0.1) is 6.61 Å². The van der Waals surface area contributed by atoms with Gasteiger partial charge in [-0.15, -0.1) is 0 Å². The van der Waals surface area contributed by atoms with Crippen molar-refractivity contribution in [1.82, 2.24) is 16.0 Å². The number of phenols is 2. The van der Waals surface area contributed by atoms with Crippen LogP contribution in [0.5, 0.6) is 11.5 Å². The Kier molecular flexibility index (Phi) is 9.99. The molecule has 0 heterocycles. The number of aliphatic hydroxyl groups is 1. The molecule has 12 heteroatoms. The van der Waals surface area contributed by atoms with Gasteiger partial charge in [-0.05, 0) is 35.4 Å². The van der Waals surface area contributed by atoms with Crippen molar-refractivity contribution in [2.24, 2.45) is 5.73 Å². The monoisotopic (exact) mass is 488 g/mol. The van der Waals surface area contributed by atoms with Gasteiger partial charge in [0.1, 0.15) is 36.2 Å². The van der Waals surface area contributed by atoms with Crippen molar-refractivity contribution >= 4 is 23.7 Å². The third kappa shape index (κ3) is 8.95. The number of benzene rings is 2. The second-order valence-corrected chi connectivity index (χ2v) is 7.76. The Morgan fingerprint density at radius 1 is 0.743 bits per heavy atom. The van der Waals surface area contributed by atoms with E-state index in [-0.39, 0.29) is 24.3 Å². The number of aliphatic carboxylic acids is 1. The third-order valence-corrected chi connectivity index (χ3v) is 4.97. The smallest absolute Gasteiger partial charge is 0.322 e. The van der Waals surface area contributed by atoms with Crippen LogP contribution in [-0.2, 0) is 32.0 Å². The minimum Gasteiger partial charge on any atom is -0.508 e. The molecule has 0 aromatic heterocycles. The van der Waals surface area contributed by atoms with Gasteiger partial charge in [0.2, 0.25) is 17.7 Å². The van der Waals surface area contributed by atoms with Gasteiger partial charge in [-0.25, -0.2) is 0 Å². The summed E-state index contributed by atoms with van der Waals surface area (Å²) in [5.74, 6) is -3.59. The molecule has 2 aromatic carbocycles. The Hall–Kier alpha value is -4.16. The van der Waals surface area contributed by atoms with E-state index in [1.807, 2.05) is 0 Å². The molecule has 12 nitrogen and oxygen atoms in total. The highest BCUT2D eigenvalue weighted by Gasteiger charge is 2.28. The molecular weight excluding hydrogens is 460 g/mol. The van der Waals surface area contributed by atoms with E-state index in [2.05, 4.69) is 16.0 Å². The first-order chi connectivity index (χ1) is 16.6. The molecule has 0 aliphatic heterocycles. The Morgan fingerprint density at radius 2 is 1.17 bits per heavy atom. The molecule has 35 heavy (non-hydrogen) atoms. The molecule has 0 aliphatic rings. The van der Waals surface area contributed by atoms with Crippen LogP contribution in [0.4, 0.5) is 0 Å². The summed E-state index contributed by atoms with van der Waals surface area (Å²) < 4.78 is 0. The number of carboxylic acid groups (broad SMARTS) is 1. The number of carbonyl (C=O) groups excluding carboxylic acids is 3. The lowest BCUT2D eigenvalue weighted by Crippen LogP contribution is -2.57. The Morgan fingerprint density at radius 3 is 1.60 bits per heavy atom. The number of aliphatic hydroxyl groups excluding tert-OH is 1. The lowest BCUT2D eigenvalue weighted by Gasteiger charge is -2.24. The van der Waals surface area contributed by atoms with Crippen LogP contribution >= 0.6 is 0 Å². The average molecular weight is 488 g/mol. The van der Waals surface area contributed by atoms with E-state index in [1.165, 1.54) is 36.4 Å². The number of aromatic hydroxyl groups is 2. The molecule has 0 fully saturated rings. The standard InChI is InChI=1S/C23H28N4O8/c24-17(12-28)21(33)26-19(10-14-3-7-16(30)8-4-14)23(35)27-18(22(34)25-11-20(31)32)9-13-1-5-15(29)6-2-13/h1-8,17-19,28-30H,9-12,24H2,(H,25,34)(H,26,33)(H,27,35)(H,31,32). The fraction of sp³-hybridized carbons (Fsp3) is 0.304. The summed E-state index contributed by atoms with van der Waals surface area (Å²) >= 11 is 0. The molecule has 0 saturated carbocycles. The normalized spacial score (nSPS) is 13.2. The topological polar surface area (TPSA) is 211 Å². The van der Waals surface area contributed by atoms with Crippen molar-refractivity contribution in [1.29, 1.82) is 0 Å². The van der Waals surface area contributed by atoms with Crippen LogP contribution in [0.25, 0.3) is 0 Å². The Labute approximate surface area is 200 Å². The van der Waals surface area contributed by atoms with Gasteiger partial charge in [0.15, 0.2) is 0 Å². The largest absolute Gasteiger partial charge is 0.508 e. The van der Waals surface area contributed by atoms with Crippen molar-refractivity contribution < 1.29 is 39.6 Å². The first-order valence-corrected chi connectivity index (χ1v) is 10.6. The predicted molar refractivity (Wildman–Crippen MR) is 123 cm³/mol. The molecule has 3 atom stereocenters. The van der Waals surface area contributed by atoms with E-state index >= 15 is 0 Å². The summed E-state index contributed by atoms with van der Waals surface area (Å²) in [5, 5.41) is 44.1. The zero-order valence-corrected chi connectivity index (χ0v) is 18.7. The Balaban J connectivity index is 2.25. The van der Waals surface area contributed by atoms with Gasteiger partial charge < -0.3 is 42.1 Å². The highest BCUT2D eigenvalue weighted by atomic mass is 16.4. The van der Waals surface area contributed by atoms with Crippen molar-refractivity contribution in [2.45, 2.75) is 31.0 Å². The molecule has 3 unspecified atom stereocenters. The minimum atomic E-state index is -1.28. The number of carboxylic acids is 1. The maximum Gasteiger partial charge on any atom is 0.322 e. The average Bonchev–Trinajstić information content (AvgIpc) is 2.83. The molecule has 2 rings (SSSR count). The summed E-state index contributed by atoms with van der Waals surface area (Å²) in [7, 11) is 0. The van der Waals surface area contributed by atoms with Crippen LogP contribution in [0.3, 0.4) is 0 Å². The molecule has 0 aliphatic carbocycles. The van der Waals surface area contributed by atoms with E-state index in [0.29, 0.717) is 11.1 Å². The van der Waals surface area contributed by atoms with Gasteiger partial charge in [-0.1, -0.05) is 24.3 Å². The van der Waals surface area contributed by atoms with Crippen LogP contribution in [0.15, 0.2) is 48.5 Å². The first-order valence-electron chi connectivity index (χ1n) is 10.6. The van der Waals surface area contributed by atoms with E-state index in [0.717, 1.165) is 0 Å². The zero-order chi connectivity index (χ0) is 26.0. The quantitative estimate of drug-likeness (QED) is 0.172. The highest BCUT2D eigenvalue weighted by molar-refractivity contribution is 5.94. The van der Waals surface area contributed by atoms with Crippen molar-refractivity contribution in [2.75, 3.05) is 13.2 Å². The lowest BCUT2D eigenvalue weighted by atomic mass is 10.0. The third-order valence-electron chi connectivity index (χ3n) is 4.97. The molecule has 9 N–H and O–H groups in total. The number of rotatable bonds is 12. The van der Waals surface area contributed by atoms with Crippen LogP contribution in [0.1, 0.15) is 11.1 Å². The zero-order valence-electron chi connectivity index (χ0n) is 18.7. The van der Waals surface area contributed by atoms with E-state index < -0.39 is 55.0 Å². The highest BCUT2D eigenvalue weighted by Crippen LogP contribution is 2.13. The van der Waals surface area contributed by atoms with Crippen LogP contribution < -0.4 is 21.7 Å². The number of hydrogen-bond acceptors (Lipinski definition) is 8. The number of hydrogen-bond donors (Lipinski definition) is 8. The second kappa shape index (κ2) is 12.9. The molecule has 0 bridgehead atoms. The van der Waals surface area contributed by atoms with Gasteiger partial charge in [0.25, 0.3) is 0 Å². The summed E-state index contributed by atoms with van der Waals surface area (Å²) in [5.41, 5.74) is 6.69. The first kappa shape index (κ1) is 27.1. The maximum absolute atomic E-state index is 13.1. The fourth-order valence-electron chi connectivity index (χ4n) is 3.07. The maximum atomic E-state index is 13.1. The molecule has 3 amide bonds. The summed E-state index contributed by atoms with van der Waals surface area (Å²) in [6.45, 7) is -1.32. The van der Waals surface area contributed by atoms with Crippen LogP contribution in [0, 0.1) is 0 Å². The van der Waals surface area contributed by atoms with Gasteiger partial charge in [0, 0.05) is 12.8 Å². The molecule has 0 radical (unpaired) electrons. The van der Waals surface area contributed by atoms with Gasteiger partial charge in [-0.3, -0.25) is 19.2 Å². The van der Waals surface area contributed by atoms with Gasteiger partial charge >= 0.3 is 5.97 Å². The number of carbonyl (C=O) groups is 4. The molecule has 0 spiro atoms. The minimum absolute atomic E-state index is 0.00145. The molecule has 0 saturated heterocycles. The second-order valence-electron chi connectivity index (χ2n) is 7.76. The number of amides is 3. The number of phenolic OH excluding ortho intramolecular Hbond substituents is 2. The number of nitrogens with two attached hydrogens (primary N) is 1. The van der Waals surface area contributed by atoms with E-state index in [9.17, 15) is 29.4 Å². The van der Waals surface area contributed by atoms with E-state index in [4.69, 9.17) is 15.9 Å². The van der Waals surface area contributed by atoms with Crippen molar-refractivity contribution in [3.05, 3.63) is 59.7 Å². The van der Waals surface area contributed by atoms with Crippen LogP contribution in [0.2, 0.25) is 0 Å². The summed E-state index contributed by atoms with van der Waals surface area (Å²) in [4.78, 5) is 48.9. The lowest BCUT2D eigenvalue weighted by molar-refractivity contribution is -0.138.